The minimum atomic E-state index is -1.08. The monoisotopic (exact) mass is 422 g/mol. The van der Waals surface area contributed by atoms with Crippen LogP contribution in [-0.2, 0) is 0 Å². The molecule has 5 nitrogen and oxygen atoms in total. The summed E-state index contributed by atoms with van der Waals surface area (Å²) in [5.74, 6) is -1.42. The number of nitrogens with zero attached hydrogens (tertiary/aromatic N) is 1. The van der Waals surface area contributed by atoms with Crippen molar-refractivity contribution in [1.82, 2.24) is 4.31 Å². The zero-order chi connectivity index (χ0) is 18.4. The Morgan fingerprint density at radius 3 is 2.48 bits per heavy atom. The highest BCUT2D eigenvalue weighted by Gasteiger charge is 2.15. The second-order valence-corrected chi connectivity index (χ2v) is 7.15. The van der Waals surface area contributed by atoms with E-state index >= 15 is 0 Å². The fraction of sp³-hybridized carbons (Fsp3) is 0.222. The molecule has 0 radical (unpaired) electrons. The number of benzene rings is 2. The van der Waals surface area contributed by atoms with E-state index in [0.717, 1.165) is 22.5 Å². The van der Waals surface area contributed by atoms with Gasteiger partial charge in [-0.3, -0.25) is 4.79 Å². The van der Waals surface area contributed by atoms with Gasteiger partial charge in [0.05, 0.1) is 11.3 Å². The highest BCUT2D eigenvalue weighted by atomic mass is 79.9. The van der Waals surface area contributed by atoms with Gasteiger partial charge in [-0.05, 0) is 58.2 Å². The van der Waals surface area contributed by atoms with Gasteiger partial charge in [0.25, 0.3) is 5.91 Å². The van der Waals surface area contributed by atoms with Gasteiger partial charge in [0.15, 0.2) is 0 Å². The summed E-state index contributed by atoms with van der Waals surface area (Å²) in [5, 5.41) is 11.9. The molecule has 1 amide bonds. The van der Waals surface area contributed by atoms with Crippen LogP contribution in [0, 0.1) is 0 Å². The summed E-state index contributed by atoms with van der Waals surface area (Å²) in [6, 6.07) is 11.7. The maximum atomic E-state index is 12.5. The summed E-state index contributed by atoms with van der Waals surface area (Å²) in [6.07, 6.45) is 0. The number of amides is 1. The molecule has 0 heterocycles. The molecule has 0 saturated carbocycles. The van der Waals surface area contributed by atoms with Crippen molar-refractivity contribution in [2.75, 3.05) is 18.4 Å². The molecule has 7 heteroatoms. The zero-order valence-corrected chi connectivity index (χ0v) is 16.4. The number of hydrogen-bond acceptors (Lipinski definition) is 4. The predicted molar refractivity (Wildman–Crippen MR) is 104 cm³/mol. The first-order valence-corrected chi connectivity index (χ1v) is 9.39. The van der Waals surface area contributed by atoms with Crippen LogP contribution >= 0.6 is 27.9 Å². The molecule has 2 aromatic carbocycles. The lowest BCUT2D eigenvalue weighted by Crippen LogP contribution is -2.16. The summed E-state index contributed by atoms with van der Waals surface area (Å²) < 4.78 is 3.08. The van der Waals surface area contributed by atoms with Gasteiger partial charge in [-0.1, -0.05) is 26.0 Å². The van der Waals surface area contributed by atoms with E-state index in [4.69, 9.17) is 0 Å². The van der Waals surface area contributed by atoms with Crippen molar-refractivity contribution >= 4 is 45.4 Å². The van der Waals surface area contributed by atoms with Crippen LogP contribution in [0.15, 0.2) is 51.8 Å². The number of carbonyl (C=O) groups is 2. The van der Waals surface area contributed by atoms with Gasteiger partial charge in [-0.2, -0.15) is 0 Å². The summed E-state index contributed by atoms with van der Waals surface area (Å²) in [6.45, 7) is 5.92. The number of carbonyl (C=O) groups excluding carboxylic acids is 1. The first kappa shape index (κ1) is 19.5. The fourth-order valence-electron chi connectivity index (χ4n) is 2.18. The van der Waals surface area contributed by atoms with E-state index in [-0.39, 0.29) is 17.2 Å². The highest BCUT2D eigenvalue weighted by molar-refractivity contribution is 9.10. The molecule has 0 aliphatic heterocycles. The number of aromatic carboxylic acids is 1. The largest absolute Gasteiger partial charge is 0.478 e. The Morgan fingerprint density at radius 1 is 1.16 bits per heavy atom. The molecule has 0 aliphatic rings. The Hall–Kier alpha value is -1.83. The summed E-state index contributed by atoms with van der Waals surface area (Å²) in [7, 11) is 0. The highest BCUT2D eigenvalue weighted by Crippen LogP contribution is 2.31. The average molecular weight is 423 g/mol. The molecule has 0 aromatic heterocycles. The van der Waals surface area contributed by atoms with Gasteiger partial charge in [0.1, 0.15) is 0 Å². The third-order valence-corrected chi connectivity index (χ3v) is 5.79. The van der Waals surface area contributed by atoms with Crippen LogP contribution in [0.5, 0.6) is 0 Å². The van der Waals surface area contributed by atoms with Gasteiger partial charge < -0.3 is 10.4 Å². The smallest absolute Gasteiger partial charge is 0.337 e. The van der Waals surface area contributed by atoms with Crippen molar-refractivity contribution in [3.8, 4) is 0 Å². The molecule has 0 unspecified atom stereocenters. The number of carboxylic acid groups (broad SMARTS) is 1. The van der Waals surface area contributed by atoms with E-state index in [1.165, 1.54) is 6.07 Å². The second kappa shape index (κ2) is 9.03. The average Bonchev–Trinajstić information content (AvgIpc) is 2.61. The summed E-state index contributed by atoms with van der Waals surface area (Å²) in [4.78, 5) is 24.7. The van der Waals surface area contributed by atoms with Crippen molar-refractivity contribution in [2.45, 2.75) is 18.7 Å². The van der Waals surface area contributed by atoms with Crippen molar-refractivity contribution < 1.29 is 14.7 Å². The van der Waals surface area contributed by atoms with E-state index in [1.54, 1.807) is 42.3 Å². The lowest BCUT2D eigenvalue weighted by Gasteiger charge is -2.18. The van der Waals surface area contributed by atoms with Crippen LogP contribution in [0.3, 0.4) is 0 Å². The minimum absolute atomic E-state index is 0.0608. The molecule has 2 N–H and O–H groups in total. The van der Waals surface area contributed by atoms with E-state index < -0.39 is 5.97 Å². The molecule has 0 fully saturated rings. The van der Waals surface area contributed by atoms with Gasteiger partial charge >= 0.3 is 5.97 Å². The topological polar surface area (TPSA) is 69.6 Å². The number of anilines is 1. The summed E-state index contributed by atoms with van der Waals surface area (Å²) in [5.41, 5.74) is 0.810. The van der Waals surface area contributed by atoms with Crippen molar-refractivity contribution in [2.24, 2.45) is 0 Å². The molecular weight excluding hydrogens is 404 g/mol. The lowest BCUT2D eigenvalue weighted by atomic mass is 10.1. The standard InChI is InChI=1S/C18H19BrN2O3S/c1-3-21(4-2)25-16-11-12(9-10-14(16)19)17(22)20-15-8-6-5-7-13(15)18(23)24/h5-11H,3-4H2,1-2H3,(H,20,22)(H,23,24). The normalized spacial score (nSPS) is 10.7. The molecule has 0 saturated heterocycles. The van der Waals surface area contributed by atoms with Crippen molar-refractivity contribution in [3.05, 3.63) is 58.1 Å². The van der Waals surface area contributed by atoms with Gasteiger partial charge in [0.2, 0.25) is 0 Å². The molecule has 2 rings (SSSR count). The van der Waals surface area contributed by atoms with Crippen LogP contribution in [0.1, 0.15) is 34.6 Å². The van der Waals surface area contributed by atoms with Gasteiger partial charge in [0, 0.05) is 28.0 Å². The Kier molecular flexibility index (Phi) is 7.04. The maximum absolute atomic E-state index is 12.5. The van der Waals surface area contributed by atoms with Crippen LogP contribution in [0.25, 0.3) is 0 Å². The minimum Gasteiger partial charge on any atom is -0.478 e. The van der Waals surface area contributed by atoms with Crippen LogP contribution in [0.4, 0.5) is 5.69 Å². The van der Waals surface area contributed by atoms with Crippen LogP contribution in [0.2, 0.25) is 0 Å². The Morgan fingerprint density at radius 2 is 1.84 bits per heavy atom. The predicted octanol–water partition coefficient (Wildman–Crippen LogP) is 4.75. The second-order valence-electron chi connectivity index (χ2n) is 5.16. The first-order chi connectivity index (χ1) is 12.0. The third kappa shape index (κ3) is 5.07. The number of halogens is 1. The Bertz CT molecular complexity index is 779. The number of carboxylic acids is 1. The third-order valence-electron chi connectivity index (χ3n) is 3.53. The number of para-hydroxylation sites is 1. The molecule has 0 spiro atoms. The molecule has 25 heavy (non-hydrogen) atoms. The van der Waals surface area contributed by atoms with E-state index in [0.29, 0.717) is 5.56 Å². The quantitative estimate of drug-likeness (QED) is 0.630. The van der Waals surface area contributed by atoms with Crippen molar-refractivity contribution in [3.63, 3.8) is 0 Å². The Labute approximate surface area is 159 Å². The van der Waals surface area contributed by atoms with Crippen molar-refractivity contribution in [1.29, 1.82) is 0 Å². The molecule has 0 bridgehead atoms. The number of rotatable bonds is 7. The first-order valence-electron chi connectivity index (χ1n) is 7.82. The van der Waals surface area contributed by atoms with E-state index in [1.807, 2.05) is 6.07 Å². The molecule has 0 aliphatic carbocycles. The maximum Gasteiger partial charge on any atom is 0.337 e. The SMILES string of the molecule is CCN(CC)Sc1cc(C(=O)Nc2ccccc2C(=O)O)ccc1Br. The van der Waals surface area contributed by atoms with Gasteiger partial charge in [-0.15, -0.1) is 0 Å². The van der Waals surface area contributed by atoms with Crippen LogP contribution < -0.4 is 5.32 Å². The molecule has 0 atom stereocenters. The number of nitrogens with one attached hydrogen (secondary N) is 1. The zero-order valence-electron chi connectivity index (χ0n) is 14.0. The Balaban J connectivity index is 2.24. The molecule has 2 aromatic rings. The van der Waals surface area contributed by atoms with Gasteiger partial charge in [-0.25, -0.2) is 9.10 Å². The molecule has 132 valence electrons. The van der Waals surface area contributed by atoms with Crippen LogP contribution in [-0.4, -0.2) is 34.4 Å². The summed E-state index contributed by atoms with van der Waals surface area (Å²) >= 11 is 5.08. The number of hydrogen-bond donors (Lipinski definition) is 2. The lowest BCUT2D eigenvalue weighted by molar-refractivity contribution is 0.0698. The van der Waals surface area contributed by atoms with E-state index in [9.17, 15) is 14.7 Å². The van der Waals surface area contributed by atoms with E-state index in [2.05, 4.69) is 39.4 Å². The fourth-order valence-corrected chi connectivity index (χ4v) is 3.51. The molecular formula is C18H19BrN2O3S.